The molecule has 0 saturated heterocycles. The van der Waals surface area contributed by atoms with E-state index in [-0.39, 0.29) is 10.8 Å². The zero-order chi connectivity index (χ0) is 20.3. The number of fused-ring (bicyclic) bond motifs is 1. The second-order valence-electron chi connectivity index (χ2n) is 6.69. The quantitative estimate of drug-likeness (QED) is 0.672. The van der Waals surface area contributed by atoms with Gasteiger partial charge in [-0.2, -0.15) is 0 Å². The molecule has 0 unspecified atom stereocenters. The number of thioether (sulfide) groups is 1. The van der Waals surface area contributed by atoms with Crippen molar-refractivity contribution >= 4 is 33.4 Å². The lowest BCUT2D eigenvalue weighted by molar-refractivity contribution is -0.116. The Kier molecular flexibility index (Phi) is 6.32. The van der Waals surface area contributed by atoms with Crippen LogP contribution in [0, 0.1) is 0 Å². The summed E-state index contributed by atoms with van der Waals surface area (Å²) in [5.41, 5.74) is 1.70. The second kappa shape index (κ2) is 8.55. The number of benzene rings is 2. The summed E-state index contributed by atoms with van der Waals surface area (Å²) in [6.07, 6.45) is 1.58. The molecule has 2 aromatic rings. The Hall–Kier alpha value is -2.03. The molecule has 0 N–H and O–H groups in total. The van der Waals surface area contributed by atoms with E-state index in [0.717, 1.165) is 34.7 Å². The van der Waals surface area contributed by atoms with E-state index in [0.29, 0.717) is 12.3 Å². The standard InChI is InChI=1S/C20H24N2O4S2/c1-21(2)28(24,25)18-9-10-19-15(12-18)6-5-11-22(19)20(23)14-27-17-8-4-7-16(13-17)26-3/h4,7-10,12-13H,5-6,11,14H2,1-3H3. The van der Waals surface area contributed by atoms with Crippen LogP contribution in [0.2, 0.25) is 0 Å². The highest BCUT2D eigenvalue weighted by Gasteiger charge is 2.25. The van der Waals surface area contributed by atoms with Gasteiger partial charge in [-0.1, -0.05) is 6.07 Å². The van der Waals surface area contributed by atoms with E-state index in [9.17, 15) is 13.2 Å². The van der Waals surface area contributed by atoms with Crippen molar-refractivity contribution in [1.29, 1.82) is 0 Å². The lowest BCUT2D eigenvalue weighted by Crippen LogP contribution is -2.36. The fourth-order valence-electron chi connectivity index (χ4n) is 3.12. The predicted octanol–water partition coefficient (Wildman–Crippen LogP) is 3.02. The van der Waals surface area contributed by atoms with Gasteiger partial charge in [0, 0.05) is 31.2 Å². The molecule has 28 heavy (non-hydrogen) atoms. The molecule has 0 aromatic heterocycles. The molecule has 8 heteroatoms. The monoisotopic (exact) mass is 420 g/mol. The normalized spacial score (nSPS) is 14.1. The van der Waals surface area contributed by atoms with Gasteiger partial charge in [0.1, 0.15) is 5.75 Å². The fourth-order valence-corrected chi connectivity index (χ4v) is 4.89. The van der Waals surface area contributed by atoms with Gasteiger partial charge in [-0.15, -0.1) is 11.8 Å². The van der Waals surface area contributed by atoms with Crippen LogP contribution in [0.5, 0.6) is 5.75 Å². The van der Waals surface area contributed by atoms with Crippen LogP contribution < -0.4 is 9.64 Å². The second-order valence-corrected chi connectivity index (χ2v) is 9.90. The van der Waals surface area contributed by atoms with Crippen LogP contribution in [0.25, 0.3) is 0 Å². The van der Waals surface area contributed by atoms with Crippen LogP contribution in [0.4, 0.5) is 5.69 Å². The van der Waals surface area contributed by atoms with Crippen molar-refractivity contribution in [3.8, 4) is 5.75 Å². The first kappa shape index (κ1) is 20.7. The average molecular weight is 421 g/mol. The summed E-state index contributed by atoms with van der Waals surface area (Å²) in [4.78, 5) is 15.8. The number of nitrogens with zero attached hydrogens (tertiary/aromatic N) is 2. The van der Waals surface area contributed by atoms with Gasteiger partial charge in [0.2, 0.25) is 15.9 Å². The molecule has 2 aromatic carbocycles. The average Bonchev–Trinajstić information content (AvgIpc) is 2.71. The van der Waals surface area contributed by atoms with Crippen LogP contribution in [0.3, 0.4) is 0 Å². The molecule has 1 aliphatic rings. The number of anilines is 1. The molecule has 6 nitrogen and oxygen atoms in total. The molecule has 0 saturated carbocycles. The number of rotatable bonds is 6. The van der Waals surface area contributed by atoms with Crippen molar-refractivity contribution in [2.75, 3.05) is 38.4 Å². The number of carbonyl (C=O) groups is 1. The highest BCUT2D eigenvalue weighted by molar-refractivity contribution is 8.00. The first-order valence-electron chi connectivity index (χ1n) is 8.95. The summed E-state index contributed by atoms with van der Waals surface area (Å²) in [5, 5.41) is 0. The Morgan fingerprint density at radius 1 is 1.21 bits per heavy atom. The minimum atomic E-state index is -3.49. The van der Waals surface area contributed by atoms with E-state index >= 15 is 0 Å². The zero-order valence-electron chi connectivity index (χ0n) is 16.2. The molecule has 0 spiro atoms. The maximum Gasteiger partial charge on any atom is 0.242 e. The largest absolute Gasteiger partial charge is 0.497 e. The number of ether oxygens (including phenoxy) is 1. The van der Waals surface area contributed by atoms with Crippen molar-refractivity contribution in [3.63, 3.8) is 0 Å². The summed E-state index contributed by atoms with van der Waals surface area (Å²) >= 11 is 1.46. The minimum Gasteiger partial charge on any atom is -0.497 e. The first-order chi connectivity index (χ1) is 13.3. The molecule has 150 valence electrons. The number of sulfonamides is 1. The van der Waals surface area contributed by atoms with Crippen LogP contribution >= 0.6 is 11.8 Å². The molecule has 1 amide bonds. The maximum absolute atomic E-state index is 12.8. The van der Waals surface area contributed by atoms with E-state index in [1.807, 2.05) is 24.3 Å². The number of methoxy groups -OCH3 is 1. The van der Waals surface area contributed by atoms with Gasteiger partial charge < -0.3 is 9.64 Å². The summed E-state index contributed by atoms with van der Waals surface area (Å²) in [6, 6.07) is 12.6. The van der Waals surface area contributed by atoms with Crippen LogP contribution in [-0.4, -0.2) is 52.1 Å². The van der Waals surface area contributed by atoms with Crippen molar-refractivity contribution < 1.29 is 17.9 Å². The topological polar surface area (TPSA) is 66.9 Å². The lowest BCUT2D eigenvalue weighted by Gasteiger charge is -2.30. The van der Waals surface area contributed by atoms with Crippen molar-refractivity contribution in [1.82, 2.24) is 4.31 Å². The summed E-state index contributed by atoms with van der Waals surface area (Å²) < 4.78 is 31.2. The predicted molar refractivity (Wildman–Crippen MR) is 112 cm³/mol. The van der Waals surface area contributed by atoms with Crippen LogP contribution in [0.1, 0.15) is 12.0 Å². The molecule has 0 fully saturated rings. The van der Waals surface area contributed by atoms with Crippen LogP contribution in [-0.2, 0) is 21.2 Å². The number of aryl methyl sites for hydroxylation is 1. The molecule has 0 aliphatic carbocycles. The number of hydrogen-bond acceptors (Lipinski definition) is 5. The molecule has 3 rings (SSSR count). The van der Waals surface area contributed by atoms with E-state index in [2.05, 4.69) is 0 Å². The molecule has 1 heterocycles. The Balaban J connectivity index is 1.77. The van der Waals surface area contributed by atoms with Gasteiger partial charge in [-0.05, 0) is 54.8 Å². The summed E-state index contributed by atoms with van der Waals surface area (Å²) in [7, 11) is 1.16. The van der Waals surface area contributed by atoms with E-state index in [4.69, 9.17) is 4.74 Å². The van der Waals surface area contributed by atoms with Gasteiger partial charge in [-0.3, -0.25) is 4.79 Å². The third-order valence-electron chi connectivity index (χ3n) is 4.65. The Labute approximate surface area is 170 Å². The third-order valence-corrected chi connectivity index (χ3v) is 7.44. The maximum atomic E-state index is 12.8. The van der Waals surface area contributed by atoms with E-state index in [1.54, 1.807) is 30.2 Å². The van der Waals surface area contributed by atoms with Crippen molar-refractivity contribution in [2.45, 2.75) is 22.6 Å². The molecular weight excluding hydrogens is 396 g/mol. The van der Waals surface area contributed by atoms with Gasteiger partial charge >= 0.3 is 0 Å². The molecule has 0 atom stereocenters. The van der Waals surface area contributed by atoms with Gasteiger partial charge in [0.15, 0.2) is 0 Å². The van der Waals surface area contributed by atoms with Gasteiger partial charge in [0.25, 0.3) is 0 Å². The summed E-state index contributed by atoms with van der Waals surface area (Å²) in [5.74, 6) is 1.08. The number of amides is 1. The van der Waals surface area contributed by atoms with Gasteiger partial charge in [-0.25, -0.2) is 12.7 Å². The highest BCUT2D eigenvalue weighted by Crippen LogP contribution is 2.31. The fraction of sp³-hybridized carbons (Fsp3) is 0.350. The molecule has 0 radical (unpaired) electrons. The van der Waals surface area contributed by atoms with E-state index < -0.39 is 10.0 Å². The first-order valence-corrected chi connectivity index (χ1v) is 11.4. The van der Waals surface area contributed by atoms with Gasteiger partial charge in [0.05, 0.1) is 17.8 Å². The molecular formula is C20H24N2O4S2. The smallest absolute Gasteiger partial charge is 0.242 e. The third kappa shape index (κ3) is 4.34. The minimum absolute atomic E-state index is 0.0111. The Morgan fingerprint density at radius 3 is 2.71 bits per heavy atom. The molecule has 1 aliphatic heterocycles. The van der Waals surface area contributed by atoms with Crippen molar-refractivity contribution in [2.24, 2.45) is 0 Å². The number of carbonyl (C=O) groups excluding carboxylic acids is 1. The summed E-state index contributed by atoms with van der Waals surface area (Å²) in [6.45, 7) is 0.643. The zero-order valence-corrected chi connectivity index (χ0v) is 17.8. The van der Waals surface area contributed by atoms with E-state index in [1.165, 1.54) is 30.2 Å². The number of hydrogen-bond donors (Lipinski definition) is 0. The Morgan fingerprint density at radius 2 is 2.00 bits per heavy atom. The Bertz CT molecular complexity index is 974. The lowest BCUT2D eigenvalue weighted by atomic mass is 10.0. The SMILES string of the molecule is COc1cccc(SCC(=O)N2CCCc3cc(S(=O)(=O)N(C)C)ccc32)c1. The van der Waals surface area contributed by atoms with Crippen molar-refractivity contribution in [3.05, 3.63) is 48.0 Å². The van der Waals surface area contributed by atoms with Crippen LogP contribution in [0.15, 0.2) is 52.3 Å². The molecule has 0 bridgehead atoms. The highest BCUT2D eigenvalue weighted by atomic mass is 32.2.